The molecule has 1 atom stereocenters. The Bertz CT molecular complexity index is 828. The smallest absolute Gasteiger partial charge is 0.306 e. The predicted octanol–water partition coefficient (Wildman–Crippen LogP) is 3.19. The summed E-state index contributed by atoms with van der Waals surface area (Å²) in [4.78, 5) is 22.2. The summed E-state index contributed by atoms with van der Waals surface area (Å²) < 4.78 is 23.7. The Morgan fingerprint density at radius 2 is 1.92 bits per heavy atom. The molecule has 0 unspecified atom stereocenters. The first-order valence-corrected chi connectivity index (χ1v) is 7.59. The standard InChI is InChI=1S/C17H18FN3O5/c1-10(19-14-7-5-12(25-2)9-16(14)26-3)17(22)20-11-4-6-13(18)15(8-11)21(23)24/h4-10,19H,1-3H3,(H,20,22)/t10-/m0/s1. The van der Waals surface area contributed by atoms with E-state index in [1.165, 1.54) is 20.3 Å². The minimum Gasteiger partial charge on any atom is -0.497 e. The lowest BCUT2D eigenvalue weighted by atomic mass is 10.2. The molecule has 2 N–H and O–H groups in total. The zero-order chi connectivity index (χ0) is 19.3. The van der Waals surface area contributed by atoms with Crippen LogP contribution in [0.2, 0.25) is 0 Å². The van der Waals surface area contributed by atoms with Crippen molar-refractivity contribution in [2.45, 2.75) is 13.0 Å². The summed E-state index contributed by atoms with van der Waals surface area (Å²) in [5.74, 6) is -0.338. The largest absolute Gasteiger partial charge is 0.497 e. The fourth-order valence-electron chi connectivity index (χ4n) is 2.20. The zero-order valence-corrected chi connectivity index (χ0v) is 14.4. The molecule has 2 aromatic rings. The number of ether oxygens (including phenoxy) is 2. The molecule has 0 spiro atoms. The Morgan fingerprint density at radius 1 is 1.19 bits per heavy atom. The quantitative estimate of drug-likeness (QED) is 0.578. The van der Waals surface area contributed by atoms with Crippen LogP contribution < -0.4 is 20.1 Å². The van der Waals surface area contributed by atoms with Crippen LogP contribution in [-0.4, -0.2) is 31.1 Å². The second kappa shape index (κ2) is 8.15. The van der Waals surface area contributed by atoms with Crippen LogP contribution in [0.25, 0.3) is 0 Å². The summed E-state index contributed by atoms with van der Waals surface area (Å²) in [6, 6.07) is 7.52. The third kappa shape index (κ3) is 4.38. The lowest BCUT2D eigenvalue weighted by Gasteiger charge is -2.18. The van der Waals surface area contributed by atoms with Gasteiger partial charge in [0.1, 0.15) is 17.5 Å². The number of halogens is 1. The van der Waals surface area contributed by atoms with Gasteiger partial charge in [-0.15, -0.1) is 0 Å². The summed E-state index contributed by atoms with van der Waals surface area (Å²) in [6.45, 7) is 1.61. The van der Waals surface area contributed by atoms with Crippen molar-refractivity contribution < 1.29 is 23.6 Å². The number of methoxy groups -OCH3 is 2. The molecule has 0 saturated heterocycles. The monoisotopic (exact) mass is 363 g/mol. The fraction of sp³-hybridized carbons (Fsp3) is 0.235. The van der Waals surface area contributed by atoms with Gasteiger partial charge in [-0.3, -0.25) is 14.9 Å². The predicted molar refractivity (Wildman–Crippen MR) is 94.3 cm³/mol. The normalized spacial score (nSPS) is 11.4. The van der Waals surface area contributed by atoms with Gasteiger partial charge in [-0.2, -0.15) is 4.39 Å². The van der Waals surface area contributed by atoms with E-state index in [-0.39, 0.29) is 5.69 Å². The molecule has 0 saturated carbocycles. The summed E-state index contributed by atoms with van der Waals surface area (Å²) >= 11 is 0. The Labute approximate surface area is 149 Å². The number of carbonyl (C=O) groups excluding carboxylic acids is 1. The Balaban J connectivity index is 2.11. The van der Waals surface area contributed by atoms with E-state index in [0.29, 0.717) is 17.2 Å². The third-order valence-corrected chi connectivity index (χ3v) is 3.58. The van der Waals surface area contributed by atoms with Crippen LogP contribution in [0.15, 0.2) is 36.4 Å². The van der Waals surface area contributed by atoms with Gasteiger partial charge in [0.25, 0.3) is 0 Å². The van der Waals surface area contributed by atoms with Crippen molar-refractivity contribution in [3.05, 3.63) is 52.3 Å². The highest BCUT2D eigenvalue weighted by Crippen LogP contribution is 2.29. The van der Waals surface area contributed by atoms with Gasteiger partial charge in [0.2, 0.25) is 11.7 Å². The highest BCUT2D eigenvalue weighted by molar-refractivity contribution is 5.96. The van der Waals surface area contributed by atoms with Crippen LogP contribution in [0.5, 0.6) is 11.5 Å². The summed E-state index contributed by atoms with van der Waals surface area (Å²) in [7, 11) is 3.02. The van der Waals surface area contributed by atoms with E-state index in [1.54, 1.807) is 25.1 Å². The number of anilines is 2. The maximum absolute atomic E-state index is 13.4. The third-order valence-electron chi connectivity index (χ3n) is 3.58. The number of rotatable bonds is 7. The van der Waals surface area contributed by atoms with Crippen LogP contribution in [0, 0.1) is 15.9 Å². The Morgan fingerprint density at radius 3 is 2.54 bits per heavy atom. The number of nitro groups is 1. The second-order valence-electron chi connectivity index (χ2n) is 5.34. The number of hydrogen-bond acceptors (Lipinski definition) is 6. The lowest BCUT2D eigenvalue weighted by Crippen LogP contribution is -2.32. The molecular weight excluding hydrogens is 345 g/mol. The van der Waals surface area contributed by atoms with Crippen LogP contribution in [0.1, 0.15) is 6.92 Å². The zero-order valence-electron chi connectivity index (χ0n) is 14.4. The van der Waals surface area contributed by atoms with E-state index < -0.39 is 28.4 Å². The van der Waals surface area contributed by atoms with Crippen LogP contribution >= 0.6 is 0 Å². The van der Waals surface area contributed by atoms with Crippen molar-refractivity contribution in [3.8, 4) is 11.5 Å². The number of hydrogen-bond donors (Lipinski definition) is 2. The van der Waals surface area contributed by atoms with E-state index in [9.17, 15) is 19.3 Å². The molecule has 0 aromatic heterocycles. The van der Waals surface area contributed by atoms with Crippen LogP contribution in [-0.2, 0) is 4.79 Å². The molecule has 0 aliphatic carbocycles. The molecule has 8 nitrogen and oxygen atoms in total. The van der Waals surface area contributed by atoms with Crippen LogP contribution in [0.4, 0.5) is 21.5 Å². The maximum Gasteiger partial charge on any atom is 0.306 e. The van der Waals surface area contributed by atoms with Crippen molar-refractivity contribution in [2.24, 2.45) is 0 Å². The molecule has 26 heavy (non-hydrogen) atoms. The van der Waals surface area contributed by atoms with Crippen molar-refractivity contribution in [2.75, 3.05) is 24.9 Å². The van der Waals surface area contributed by atoms with Crippen molar-refractivity contribution in [1.29, 1.82) is 0 Å². The van der Waals surface area contributed by atoms with E-state index in [4.69, 9.17) is 9.47 Å². The molecule has 0 radical (unpaired) electrons. The number of amides is 1. The highest BCUT2D eigenvalue weighted by atomic mass is 19.1. The molecule has 9 heteroatoms. The molecule has 0 aliphatic rings. The molecule has 0 aliphatic heterocycles. The minimum atomic E-state index is -0.970. The molecule has 0 bridgehead atoms. The fourth-order valence-corrected chi connectivity index (χ4v) is 2.20. The second-order valence-corrected chi connectivity index (χ2v) is 5.34. The number of nitrogens with zero attached hydrogens (tertiary/aromatic N) is 1. The highest BCUT2D eigenvalue weighted by Gasteiger charge is 2.18. The van der Waals surface area contributed by atoms with Gasteiger partial charge in [-0.05, 0) is 31.2 Å². The van der Waals surface area contributed by atoms with Crippen molar-refractivity contribution in [3.63, 3.8) is 0 Å². The number of benzene rings is 2. The van der Waals surface area contributed by atoms with Gasteiger partial charge in [0.05, 0.1) is 24.8 Å². The molecule has 2 rings (SSSR count). The van der Waals surface area contributed by atoms with E-state index in [1.807, 2.05) is 0 Å². The first-order chi connectivity index (χ1) is 12.3. The molecule has 2 aromatic carbocycles. The van der Waals surface area contributed by atoms with Gasteiger partial charge >= 0.3 is 5.69 Å². The van der Waals surface area contributed by atoms with Gasteiger partial charge in [0, 0.05) is 17.8 Å². The minimum absolute atomic E-state index is 0.124. The van der Waals surface area contributed by atoms with Gasteiger partial charge in [0.15, 0.2) is 0 Å². The van der Waals surface area contributed by atoms with E-state index >= 15 is 0 Å². The first-order valence-electron chi connectivity index (χ1n) is 7.59. The molecule has 0 fully saturated rings. The van der Waals surface area contributed by atoms with Crippen LogP contribution in [0.3, 0.4) is 0 Å². The van der Waals surface area contributed by atoms with Gasteiger partial charge in [-0.25, -0.2) is 0 Å². The molecule has 0 heterocycles. The number of nitrogens with one attached hydrogen (secondary N) is 2. The molecule has 1 amide bonds. The van der Waals surface area contributed by atoms with Gasteiger partial charge < -0.3 is 20.1 Å². The Hall–Kier alpha value is -3.36. The van der Waals surface area contributed by atoms with Gasteiger partial charge in [-0.1, -0.05) is 0 Å². The molecule has 138 valence electrons. The average molecular weight is 363 g/mol. The number of carbonyl (C=O) groups is 1. The summed E-state index contributed by atoms with van der Waals surface area (Å²) in [6.07, 6.45) is 0. The van der Waals surface area contributed by atoms with Crippen molar-refractivity contribution in [1.82, 2.24) is 0 Å². The van der Waals surface area contributed by atoms with E-state index in [2.05, 4.69) is 10.6 Å². The number of nitro benzene ring substituents is 1. The first kappa shape index (κ1) is 19.0. The SMILES string of the molecule is COc1ccc(N[C@@H](C)C(=O)Nc2ccc(F)c([N+](=O)[O-])c2)c(OC)c1. The molecular formula is C17H18FN3O5. The summed E-state index contributed by atoms with van der Waals surface area (Å²) in [5, 5.41) is 16.3. The topological polar surface area (TPSA) is 103 Å². The Kier molecular flexibility index (Phi) is 5.94. The summed E-state index contributed by atoms with van der Waals surface area (Å²) in [5.41, 5.74) is -0.0141. The van der Waals surface area contributed by atoms with Crippen molar-refractivity contribution >= 4 is 23.0 Å². The maximum atomic E-state index is 13.4. The average Bonchev–Trinajstić information content (AvgIpc) is 2.63. The van der Waals surface area contributed by atoms with E-state index in [0.717, 1.165) is 12.1 Å². The lowest BCUT2D eigenvalue weighted by molar-refractivity contribution is -0.387.